The van der Waals surface area contributed by atoms with Crippen molar-refractivity contribution in [1.82, 2.24) is 5.43 Å². The number of ether oxygens (including phenoxy) is 1. The highest BCUT2D eigenvalue weighted by Gasteiger charge is 2.12. The van der Waals surface area contributed by atoms with Gasteiger partial charge < -0.3 is 9.84 Å². The van der Waals surface area contributed by atoms with Gasteiger partial charge in [-0.05, 0) is 35.9 Å². The number of hydrogen-bond acceptors (Lipinski definition) is 6. The molecule has 0 saturated carbocycles. The molecule has 0 bridgehead atoms. The van der Waals surface area contributed by atoms with E-state index in [0.717, 1.165) is 12.1 Å². The Balaban J connectivity index is 1.88. The summed E-state index contributed by atoms with van der Waals surface area (Å²) in [5.74, 6) is -0.750. The fourth-order valence-corrected chi connectivity index (χ4v) is 2.18. The highest BCUT2D eigenvalue weighted by atomic mass is 35.5. The monoisotopic (exact) mass is 383 g/mol. The minimum absolute atomic E-state index is 0.269. The summed E-state index contributed by atoms with van der Waals surface area (Å²) in [5.41, 5.74) is 2.15. The Morgan fingerprint density at radius 3 is 2.72 bits per heavy atom. The summed E-state index contributed by atoms with van der Waals surface area (Å²) in [7, 11) is 0. The molecule has 0 aliphatic rings. The largest absolute Gasteiger partial charge is 0.502 e. The number of hydrazone groups is 1. The summed E-state index contributed by atoms with van der Waals surface area (Å²) < 4.78 is 5.23. The molecular weight excluding hydrogens is 373 g/mol. The van der Waals surface area contributed by atoms with Crippen molar-refractivity contribution < 1.29 is 19.6 Å². The molecule has 0 spiro atoms. The molecule has 0 atom stereocenters. The molecule has 2 rings (SSSR count). The SMILES string of the molecule is O=C(COc1ccc(Cl)cc1Cl)N/N=C/c1ccc([N+](=O)[O-])c(O)c1. The number of halogens is 2. The first-order valence-electron chi connectivity index (χ1n) is 6.74. The van der Waals surface area contributed by atoms with Crippen molar-refractivity contribution in [3.05, 3.63) is 62.1 Å². The first-order chi connectivity index (χ1) is 11.9. The number of nitro groups is 1. The molecule has 0 unspecified atom stereocenters. The number of amides is 1. The van der Waals surface area contributed by atoms with Gasteiger partial charge >= 0.3 is 5.69 Å². The van der Waals surface area contributed by atoms with E-state index in [-0.39, 0.29) is 11.6 Å². The van der Waals surface area contributed by atoms with E-state index in [1.807, 2.05) is 0 Å². The molecular formula is C15H11Cl2N3O5. The predicted octanol–water partition coefficient (Wildman–Crippen LogP) is 3.14. The number of phenols is 1. The van der Waals surface area contributed by atoms with E-state index in [4.69, 9.17) is 27.9 Å². The number of carbonyl (C=O) groups is 1. The van der Waals surface area contributed by atoms with Gasteiger partial charge in [0.25, 0.3) is 5.91 Å². The molecule has 25 heavy (non-hydrogen) atoms. The molecule has 0 saturated heterocycles. The third-order valence-corrected chi connectivity index (χ3v) is 3.38. The van der Waals surface area contributed by atoms with Crippen LogP contribution in [0.5, 0.6) is 11.5 Å². The molecule has 0 aliphatic carbocycles. The summed E-state index contributed by atoms with van der Waals surface area (Å²) in [4.78, 5) is 21.5. The van der Waals surface area contributed by atoms with Gasteiger partial charge in [-0.2, -0.15) is 5.10 Å². The van der Waals surface area contributed by atoms with Crippen LogP contribution in [-0.2, 0) is 4.79 Å². The first-order valence-corrected chi connectivity index (χ1v) is 7.49. The van der Waals surface area contributed by atoms with Crippen LogP contribution in [0.15, 0.2) is 41.5 Å². The third kappa shape index (κ3) is 5.33. The van der Waals surface area contributed by atoms with Gasteiger partial charge in [0.15, 0.2) is 12.4 Å². The fraction of sp³-hybridized carbons (Fsp3) is 0.0667. The molecule has 0 aromatic heterocycles. The molecule has 0 radical (unpaired) electrons. The number of rotatable bonds is 6. The minimum atomic E-state index is -0.711. The zero-order valence-electron chi connectivity index (χ0n) is 12.5. The van der Waals surface area contributed by atoms with Gasteiger partial charge in [0.05, 0.1) is 16.2 Å². The second-order valence-electron chi connectivity index (χ2n) is 4.66. The molecule has 0 aliphatic heterocycles. The van der Waals surface area contributed by atoms with E-state index in [0.29, 0.717) is 16.3 Å². The Morgan fingerprint density at radius 2 is 2.08 bits per heavy atom. The topological polar surface area (TPSA) is 114 Å². The van der Waals surface area contributed by atoms with E-state index in [1.165, 1.54) is 24.4 Å². The van der Waals surface area contributed by atoms with E-state index in [2.05, 4.69) is 10.5 Å². The van der Waals surface area contributed by atoms with Gasteiger partial charge in [0, 0.05) is 11.1 Å². The molecule has 8 nitrogen and oxygen atoms in total. The van der Waals surface area contributed by atoms with E-state index >= 15 is 0 Å². The molecule has 0 heterocycles. The van der Waals surface area contributed by atoms with Crippen LogP contribution in [0.2, 0.25) is 10.0 Å². The number of nitrogens with zero attached hydrogens (tertiary/aromatic N) is 2. The van der Waals surface area contributed by atoms with Gasteiger partial charge in [0.1, 0.15) is 5.75 Å². The average Bonchev–Trinajstić information content (AvgIpc) is 2.53. The summed E-state index contributed by atoms with van der Waals surface area (Å²) in [6, 6.07) is 8.23. The zero-order chi connectivity index (χ0) is 18.4. The molecule has 0 fully saturated rings. The molecule has 2 N–H and O–H groups in total. The maximum Gasteiger partial charge on any atom is 0.310 e. The van der Waals surface area contributed by atoms with Gasteiger partial charge in [0.2, 0.25) is 0 Å². The lowest BCUT2D eigenvalue weighted by atomic mass is 10.2. The van der Waals surface area contributed by atoms with Gasteiger partial charge in [-0.25, -0.2) is 5.43 Å². The quantitative estimate of drug-likeness (QED) is 0.451. The van der Waals surface area contributed by atoms with Crippen LogP contribution in [0.1, 0.15) is 5.56 Å². The minimum Gasteiger partial charge on any atom is -0.502 e. The molecule has 2 aromatic carbocycles. The van der Waals surface area contributed by atoms with Crippen molar-refractivity contribution in [3.8, 4) is 11.5 Å². The molecule has 130 valence electrons. The van der Waals surface area contributed by atoms with Crippen LogP contribution in [0.4, 0.5) is 5.69 Å². The van der Waals surface area contributed by atoms with E-state index < -0.39 is 22.3 Å². The zero-order valence-corrected chi connectivity index (χ0v) is 14.0. The van der Waals surface area contributed by atoms with Crippen LogP contribution in [0.25, 0.3) is 0 Å². The Bertz CT molecular complexity index is 842. The summed E-state index contributed by atoms with van der Waals surface area (Å²) >= 11 is 11.7. The number of hydrogen-bond donors (Lipinski definition) is 2. The third-order valence-electron chi connectivity index (χ3n) is 2.85. The smallest absolute Gasteiger partial charge is 0.310 e. The Labute approximate surface area is 151 Å². The summed E-state index contributed by atoms with van der Waals surface area (Å²) in [6.45, 7) is -0.329. The predicted molar refractivity (Wildman–Crippen MR) is 92.5 cm³/mol. The summed E-state index contributed by atoms with van der Waals surface area (Å²) in [5, 5.41) is 24.5. The Hall–Kier alpha value is -2.84. The summed E-state index contributed by atoms with van der Waals surface area (Å²) in [6.07, 6.45) is 1.22. The number of benzene rings is 2. The highest BCUT2D eigenvalue weighted by Crippen LogP contribution is 2.27. The lowest BCUT2D eigenvalue weighted by molar-refractivity contribution is -0.385. The van der Waals surface area contributed by atoms with Crippen molar-refractivity contribution in [2.75, 3.05) is 6.61 Å². The van der Waals surface area contributed by atoms with Gasteiger partial charge in [-0.15, -0.1) is 0 Å². The Morgan fingerprint density at radius 1 is 1.32 bits per heavy atom. The van der Waals surface area contributed by atoms with Crippen LogP contribution < -0.4 is 10.2 Å². The maximum atomic E-state index is 11.6. The molecule has 2 aromatic rings. The second-order valence-corrected chi connectivity index (χ2v) is 5.51. The standard InChI is InChI=1S/C15H11Cl2N3O5/c16-10-2-4-14(11(17)6-10)25-8-15(22)19-18-7-9-1-3-12(20(23)24)13(21)5-9/h1-7,21H,8H2,(H,19,22)/b18-7+. The lowest BCUT2D eigenvalue weighted by Crippen LogP contribution is -2.24. The van der Waals surface area contributed by atoms with Crippen LogP contribution in [0, 0.1) is 10.1 Å². The number of aromatic hydroxyl groups is 1. The number of phenolic OH excluding ortho intramolecular Hbond substituents is 1. The Kier molecular flexibility index (Phi) is 6.15. The van der Waals surface area contributed by atoms with Crippen molar-refractivity contribution in [2.24, 2.45) is 5.10 Å². The number of nitro benzene ring substituents is 1. The maximum absolute atomic E-state index is 11.6. The van der Waals surface area contributed by atoms with Crippen LogP contribution >= 0.6 is 23.2 Å². The average molecular weight is 384 g/mol. The second kappa shape index (κ2) is 8.32. The van der Waals surface area contributed by atoms with Crippen molar-refractivity contribution in [2.45, 2.75) is 0 Å². The number of carbonyl (C=O) groups excluding carboxylic acids is 1. The van der Waals surface area contributed by atoms with Crippen molar-refractivity contribution >= 4 is 41.0 Å². The molecule has 10 heteroatoms. The van der Waals surface area contributed by atoms with Gasteiger partial charge in [-0.3, -0.25) is 14.9 Å². The fourth-order valence-electron chi connectivity index (χ4n) is 1.72. The van der Waals surface area contributed by atoms with E-state index in [9.17, 15) is 20.0 Å². The van der Waals surface area contributed by atoms with Gasteiger partial charge in [-0.1, -0.05) is 23.2 Å². The van der Waals surface area contributed by atoms with Crippen LogP contribution in [0.3, 0.4) is 0 Å². The first kappa shape index (κ1) is 18.5. The lowest BCUT2D eigenvalue weighted by Gasteiger charge is -2.07. The van der Waals surface area contributed by atoms with Crippen molar-refractivity contribution in [1.29, 1.82) is 0 Å². The van der Waals surface area contributed by atoms with E-state index in [1.54, 1.807) is 6.07 Å². The molecule has 1 amide bonds. The van der Waals surface area contributed by atoms with Crippen molar-refractivity contribution in [3.63, 3.8) is 0 Å². The highest BCUT2D eigenvalue weighted by molar-refractivity contribution is 6.35. The normalized spacial score (nSPS) is 10.6. The van der Waals surface area contributed by atoms with Crippen LogP contribution in [-0.4, -0.2) is 28.8 Å². The number of nitrogens with one attached hydrogen (secondary N) is 1.